The van der Waals surface area contributed by atoms with Crippen molar-refractivity contribution in [3.8, 4) is 22.6 Å². The van der Waals surface area contributed by atoms with E-state index in [4.69, 9.17) is 0 Å². The van der Waals surface area contributed by atoms with E-state index in [9.17, 15) is 18.3 Å². The number of hydrogen-bond donors (Lipinski definition) is 1. The largest absolute Gasteiger partial charge is 0.375 e. The van der Waals surface area contributed by atoms with Gasteiger partial charge in [0.15, 0.2) is 11.2 Å². The number of aromatic nitrogens is 4. The maximum absolute atomic E-state index is 13.6. The van der Waals surface area contributed by atoms with Gasteiger partial charge in [0.25, 0.3) is 15.9 Å². The van der Waals surface area contributed by atoms with Gasteiger partial charge in [-0.05, 0) is 42.8 Å². The molecule has 198 valence electrons. The third-order valence-corrected chi connectivity index (χ3v) is 9.15. The fourth-order valence-electron chi connectivity index (χ4n) is 5.20. The van der Waals surface area contributed by atoms with Crippen LogP contribution in [0.2, 0.25) is 0 Å². The molecule has 0 saturated carbocycles. The minimum Gasteiger partial charge on any atom is -0.375 e. The molecule has 0 spiro atoms. The SMILES string of the molecule is Cc1ccc(S(=O)(=O)n2cc(-c3ncc(-c4cccc([C@]5(O)CCN(C)C5=O)c4)n3C)c3cccnc32)cc1. The summed E-state index contributed by atoms with van der Waals surface area (Å²) in [6, 6.07) is 17.6. The van der Waals surface area contributed by atoms with E-state index in [2.05, 4.69) is 9.97 Å². The average molecular weight is 542 g/mol. The Morgan fingerprint density at radius 3 is 2.49 bits per heavy atom. The third-order valence-electron chi connectivity index (χ3n) is 7.48. The molecule has 9 nitrogen and oxygen atoms in total. The predicted octanol–water partition coefficient (Wildman–Crippen LogP) is 3.70. The second kappa shape index (κ2) is 8.89. The number of carbonyl (C=O) groups is 1. The van der Waals surface area contributed by atoms with Gasteiger partial charge in [0.05, 0.1) is 16.8 Å². The molecule has 1 saturated heterocycles. The number of likely N-dealkylation sites (N-methyl/N-ethyl adjacent to an activating group) is 1. The van der Waals surface area contributed by atoms with Gasteiger partial charge in [0, 0.05) is 56.0 Å². The Hall–Kier alpha value is -4.28. The van der Waals surface area contributed by atoms with Crippen LogP contribution in [0.5, 0.6) is 0 Å². The van der Waals surface area contributed by atoms with Crippen LogP contribution < -0.4 is 0 Å². The van der Waals surface area contributed by atoms with Crippen molar-refractivity contribution in [3.05, 3.63) is 90.4 Å². The van der Waals surface area contributed by atoms with Crippen molar-refractivity contribution in [1.29, 1.82) is 0 Å². The van der Waals surface area contributed by atoms with Crippen molar-refractivity contribution in [1.82, 2.24) is 23.4 Å². The summed E-state index contributed by atoms with van der Waals surface area (Å²) in [6.07, 6.45) is 5.15. The van der Waals surface area contributed by atoms with Crippen LogP contribution in [0.25, 0.3) is 33.7 Å². The molecule has 1 aliphatic rings. The molecule has 1 aliphatic heterocycles. The van der Waals surface area contributed by atoms with E-state index in [1.165, 1.54) is 8.87 Å². The summed E-state index contributed by atoms with van der Waals surface area (Å²) in [5.41, 5.74) is 2.39. The van der Waals surface area contributed by atoms with Crippen molar-refractivity contribution >= 4 is 27.0 Å². The number of carbonyl (C=O) groups excluding carboxylic acids is 1. The van der Waals surface area contributed by atoms with Gasteiger partial charge in [-0.15, -0.1) is 0 Å². The zero-order valence-electron chi connectivity index (χ0n) is 21.7. The maximum Gasteiger partial charge on any atom is 0.269 e. The fraction of sp³-hybridized carbons (Fsp3) is 0.207. The number of aliphatic hydroxyl groups is 1. The summed E-state index contributed by atoms with van der Waals surface area (Å²) in [4.78, 5) is 23.4. The molecular formula is C29H27N5O4S. The highest BCUT2D eigenvalue weighted by atomic mass is 32.2. The standard InChI is InChI=1S/C29H27N5O4S/c1-19-9-11-22(12-10-19)39(37,38)34-18-24(23-8-5-14-30-27(23)34)26-31-17-25(33(26)3)20-6-4-7-21(16-20)29(36)13-15-32(2)28(29)35/h4-12,14,16-18,36H,13,15H2,1-3H3/t29-/m1/s1. The second-order valence-corrected chi connectivity index (χ2v) is 11.8. The van der Waals surface area contributed by atoms with E-state index in [0.29, 0.717) is 41.0 Å². The summed E-state index contributed by atoms with van der Waals surface area (Å²) in [6.45, 7) is 2.39. The maximum atomic E-state index is 13.6. The number of benzene rings is 2. The predicted molar refractivity (Wildman–Crippen MR) is 147 cm³/mol. The monoisotopic (exact) mass is 541 g/mol. The second-order valence-electron chi connectivity index (χ2n) is 9.98. The van der Waals surface area contributed by atoms with Crippen molar-refractivity contribution < 1.29 is 18.3 Å². The fourth-order valence-corrected chi connectivity index (χ4v) is 6.53. The van der Waals surface area contributed by atoms with Crippen LogP contribution in [0, 0.1) is 6.92 Å². The summed E-state index contributed by atoms with van der Waals surface area (Å²) in [5, 5.41) is 11.8. The molecule has 6 rings (SSSR count). The Balaban J connectivity index is 1.45. The van der Waals surface area contributed by atoms with Gasteiger partial charge in [-0.1, -0.05) is 35.9 Å². The van der Waals surface area contributed by atoms with Gasteiger partial charge in [0.2, 0.25) is 0 Å². The lowest BCUT2D eigenvalue weighted by Gasteiger charge is -2.22. The lowest BCUT2D eigenvalue weighted by Crippen LogP contribution is -2.36. The molecule has 0 bridgehead atoms. The van der Waals surface area contributed by atoms with Gasteiger partial charge in [-0.3, -0.25) is 4.79 Å². The summed E-state index contributed by atoms with van der Waals surface area (Å²) in [5.74, 6) is 0.238. The smallest absolute Gasteiger partial charge is 0.269 e. The first-order chi connectivity index (χ1) is 18.6. The zero-order chi connectivity index (χ0) is 27.5. The highest BCUT2D eigenvalue weighted by Gasteiger charge is 2.45. The molecule has 5 aromatic rings. The number of pyridine rings is 1. The topological polar surface area (TPSA) is 110 Å². The Kier molecular flexibility index (Phi) is 5.70. The molecule has 2 aromatic carbocycles. The lowest BCUT2D eigenvalue weighted by atomic mass is 9.90. The number of amides is 1. The number of fused-ring (bicyclic) bond motifs is 1. The lowest BCUT2D eigenvalue weighted by molar-refractivity contribution is -0.143. The molecular weight excluding hydrogens is 514 g/mol. The van der Waals surface area contributed by atoms with E-state index >= 15 is 0 Å². The van der Waals surface area contributed by atoms with Crippen molar-refractivity contribution in [2.75, 3.05) is 13.6 Å². The van der Waals surface area contributed by atoms with E-state index in [1.54, 1.807) is 62.0 Å². The molecule has 1 atom stereocenters. The van der Waals surface area contributed by atoms with Crippen LogP contribution >= 0.6 is 0 Å². The van der Waals surface area contributed by atoms with Crippen LogP contribution in [0.4, 0.5) is 0 Å². The first kappa shape index (κ1) is 25.0. The summed E-state index contributed by atoms with van der Waals surface area (Å²) in [7, 11) is -0.375. The molecule has 1 N–H and O–H groups in total. The van der Waals surface area contributed by atoms with Gasteiger partial charge < -0.3 is 14.6 Å². The Morgan fingerprint density at radius 1 is 1.00 bits per heavy atom. The van der Waals surface area contributed by atoms with Crippen LogP contribution in [0.15, 0.2) is 84.1 Å². The average Bonchev–Trinajstić information content (AvgIpc) is 3.59. The van der Waals surface area contributed by atoms with Crippen molar-refractivity contribution in [2.45, 2.75) is 23.8 Å². The van der Waals surface area contributed by atoms with E-state index in [1.807, 2.05) is 42.8 Å². The number of likely N-dealkylation sites (tertiary alicyclic amines) is 1. The van der Waals surface area contributed by atoms with Gasteiger partial charge in [0.1, 0.15) is 5.82 Å². The number of aryl methyl sites for hydroxylation is 1. The molecule has 0 radical (unpaired) electrons. The normalized spacial score (nSPS) is 17.8. The minimum atomic E-state index is -3.91. The molecule has 0 aliphatic carbocycles. The first-order valence-electron chi connectivity index (χ1n) is 12.5. The number of hydrogen-bond acceptors (Lipinski definition) is 6. The van der Waals surface area contributed by atoms with Crippen LogP contribution in [0.3, 0.4) is 0 Å². The quantitative estimate of drug-likeness (QED) is 0.363. The Morgan fingerprint density at radius 2 is 1.77 bits per heavy atom. The molecule has 4 heterocycles. The molecule has 0 unspecified atom stereocenters. The number of rotatable bonds is 5. The minimum absolute atomic E-state index is 0.171. The van der Waals surface area contributed by atoms with Crippen LogP contribution in [-0.4, -0.2) is 56.4 Å². The Bertz CT molecular complexity index is 1860. The zero-order valence-corrected chi connectivity index (χ0v) is 22.6. The third kappa shape index (κ3) is 3.86. The molecule has 1 amide bonds. The van der Waals surface area contributed by atoms with Gasteiger partial charge in [-0.25, -0.2) is 22.4 Å². The highest BCUT2D eigenvalue weighted by Crippen LogP contribution is 2.36. The first-order valence-corrected chi connectivity index (χ1v) is 13.9. The van der Waals surface area contributed by atoms with Crippen LogP contribution in [-0.2, 0) is 27.5 Å². The molecule has 10 heteroatoms. The number of imidazole rings is 1. The van der Waals surface area contributed by atoms with E-state index in [-0.39, 0.29) is 10.8 Å². The van der Waals surface area contributed by atoms with Crippen molar-refractivity contribution in [2.24, 2.45) is 7.05 Å². The summed E-state index contributed by atoms with van der Waals surface area (Å²) >= 11 is 0. The van der Waals surface area contributed by atoms with Gasteiger partial charge >= 0.3 is 0 Å². The van der Waals surface area contributed by atoms with Gasteiger partial charge in [-0.2, -0.15) is 0 Å². The van der Waals surface area contributed by atoms with Crippen LogP contribution in [0.1, 0.15) is 17.5 Å². The van der Waals surface area contributed by atoms with Crippen molar-refractivity contribution in [3.63, 3.8) is 0 Å². The van der Waals surface area contributed by atoms with E-state index in [0.717, 1.165) is 16.8 Å². The van der Waals surface area contributed by atoms with E-state index < -0.39 is 15.6 Å². The summed E-state index contributed by atoms with van der Waals surface area (Å²) < 4.78 is 30.3. The number of nitrogens with zero attached hydrogens (tertiary/aromatic N) is 5. The highest BCUT2D eigenvalue weighted by molar-refractivity contribution is 7.90. The molecule has 39 heavy (non-hydrogen) atoms. The Labute approximate surface area is 226 Å². The molecule has 1 fully saturated rings. The molecule has 3 aromatic heterocycles.